The SMILES string of the molecule is CC(C)Cc1noc(CN2CCN(S(C)(=O)=O)CC2)n1. The van der Waals surface area contributed by atoms with Gasteiger partial charge in [-0.2, -0.15) is 9.29 Å². The molecule has 0 N–H and O–H groups in total. The van der Waals surface area contributed by atoms with E-state index in [9.17, 15) is 8.42 Å². The quantitative estimate of drug-likeness (QED) is 0.780. The van der Waals surface area contributed by atoms with Gasteiger partial charge in [0.05, 0.1) is 12.8 Å². The molecule has 1 saturated heterocycles. The van der Waals surface area contributed by atoms with Crippen molar-refractivity contribution in [2.24, 2.45) is 5.92 Å². The summed E-state index contributed by atoms with van der Waals surface area (Å²) in [7, 11) is -3.08. The number of rotatable bonds is 5. The predicted molar refractivity (Wildman–Crippen MR) is 74.5 cm³/mol. The van der Waals surface area contributed by atoms with Gasteiger partial charge in [-0.25, -0.2) is 8.42 Å². The van der Waals surface area contributed by atoms with Crippen LogP contribution in [0.15, 0.2) is 4.52 Å². The monoisotopic (exact) mass is 302 g/mol. The number of nitrogens with zero attached hydrogens (tertiary/aromatic N) is 4. The van der Waals surface area contributed by atoms with Gasteiger partial charge >= 0.3 is 0 Å². The summed E-state index contributed by atoms with van der Waals surface area (Å²) in [6, 6.07) is 0. The van der Waals surface area contributed by atoms with E-state index in [1.54, 1.807) is 0 Å². The van der Waals surface area contributed by atoms with Gasteiger partial charge in [0.1, 0.15) is 0 Å². The number of aromatic nitrogens is 2. The summed E-state index contributed by atoms with van der Waals surface area (Å²) < 4.78 is 29.6. The van der Waals surface area contributed by atoms with E-state index in [1.807, 2.05) is 0 Å². The molecule has 0 radical (unpaired) electrons. The summed E-state index contributed by atoms with van der Waals surface area (Å²) >= 11 is 0. The molecule has 0 unspecified atom stereocenters. The van der Waals surface area contributed by atoms with E-state index >= 15 is 0 Å². The van der Waals surface area contributed by atoms with Gasteiger partial charge in [0.25, 0.3) is 0 Å². The van der Waals surface area contributed by atoms with E-state index in [4.69, 9.17) is 4.52 Å². The van der Waals surface area contributed by atoms with Crippen LogP contribution in [0.3, 0.4) is 0 Å². The van der Waals surface area contributed by atoms with E-state index in [0.29, 0.717) is 44.5 Å². The first-order valence-electron chi connectivity index (χ1n) is 6.83. The minimum absolute atomic E-state index is 0.499. The molecule has 1 fully saturated rings. The maximum atomic E-state index is 11.4. The van der Waals surface area contributed by atoms with Gasteiger partial charge in [-0.3, -0.25) is 4.90 Å². The Morgan fingerprint density at radius 3 is 2.45 bits per heavy atom. The molecule has 0 bridgehead atoms. The fourth-order valence-corrected chi connectivity index (χ4v) is 3.04. The zero-order valence-corrected chi connectivity index (χ0v) is 13.1. The standard InChI is InChI=1S/C12H22N4O3S/c1-10(2)8-11-13-12(19-14-11)9-15-4-6-16(7-5-15)20(3,17)18/h10H,4-9H2,1-3H3. The second-order valence-electron chi connectivity index (χ2n) is 5.64. The van der Waals surface area contributed by atoms with E-state index in [0.717, 1.165) is 12.2 Å². The Balaban J connectivity index is 1.85. The third-order valence-electron chi connectivity index (χ3n) is 3.26. The first kappa shape index (κ1) is 15.4. The molecule has 2 rings (SSSR count). The maximum absolute atomic E-state index is 11.4. The molecule has 0 saturated carbocycles. The van der Waals surface area contributed by atoms with Gasteiger partial charge in [-0.1, -0.05) is 19.0 Å². The van der Waals surface area contributed by atoms with Gasteiger partial charge < -0.3 is 4.52 Å². The normalized spacial score (nSPS) is 18.8. The highest BCUT2D eigenvalue weighted by Gasteiger charge is 2.24. The molecule has 1 aromatic heterocycles. The van der Waals surface area contributed by atoms with Gasteiger partial charge in [-0.15, -0.1) is 0 Å². The lowest BCUT2D eigenvalue weighted by atomic mass is 10.1. The Labute approximate surface area is 120 Å². The summed E-state index contributed by atoms with van der Waals surface area (Å²) in [6.45, 7) is 7.23. The van der Waals surface area contributed by atoms with E-state index in [-0.39, 0.29) is 0 Å². The topological polar surface area (TPSA) is 79.5 Å². The summed E-state index contributed by atoms with van der Waals surface area (Å²) in [6.07, 6.45) is 2.06. The Bertz CT molecular complexity index is 533. The number of piperazine rings is 1. The Morgan fingerprint density at radius 1 is 1.25 bits per heavy atom. The molecule has 8 heteroatoms. The molecule has 2 heterocycles. The Kier molecular flexibility index (Phi) is 4.77. The van der Waals surface area contributed by atoms with Crippen molar-refractivity contribution >= 4 is 10.0 Å². The number of sulfonamides is 1. The zero-order chi connectivity index (χ0) is 14.8. The van der Waals surface area contributed by atoms with E-state index in [2.05, 4.69) is 28.9 Å². The van der Waals surface area contributed by atoms with E-state index < -0.39 is 10.0 Å². The summed E-state index contributed by atoms with van der Waals surface area (Å²) in [5.74, 6) is 1.84. The van der Waals surface area contributed by atoms with Crippen molar-refractivity contribution in [3.8, 4) is 0 Å². The van der Waals surface area contributed by atoms with Crippen LogP contribution in [-0.4, -0.2) is 60.2 Å². The summed E-state index contributed by atoms with van der Waals surface area (Å²) in [5.41, 5.74) is 0. The number of hydrogen-bond donors (Lipinski definition) is 0. The van der Waals surface area contributed by atoms with E-state index in [1.165, 1.54) is 10.6 Å². The largest absolute Gasteiger partial charge is 0.338 e. The first-order chi connectivity index (χ1) is 9.34. The fourth-order valence-electron chi connectivity index (χ4n) is 2.21. The highest BCUT2D eigenvalue weighted by molar-refractivity contribution is 7.88. The molecule has 0 spiro atoms. The van der Waals surface area contributed by atoms with Crippen LogP contribution < -0.4 is 0 Å². The predicted octanol–water partition coefficient (Wildman–Crippen LogP) is 0.345. The molecule has 114 valence electrons. The lowest BCUT2D eigenvalue weighted by molar-refractivity contribution is 0.163. The molecular formula is C12H22N4O3S. The molecule has 20 heavy (non-hydrogen) atoms. The molecule has 7 nitrogen and oxygen atoms in total. The minimum Gasteiger partial charge on any atom is -0.338 e. The molecule has 0 aromatic carbocycles. The molecule has 1 aliphatic heterocycles. The van der Waals surface area contributed by atoms with Crippen LogP contribution in [0.25, 0.3) is 0 Å². The van der Waals surface area contributed by atoms with Gasteiger partial charge in [0.15, 0.2) is 5.82 Å². The lowest BCUT2D eigenvalue weighted by Gasteiger charge is -2.32. The Morgan fingerprint density at radius 2 is 1.90 bits per heavy atom. The minimum atomic E-state index is -3.08. The van der Waals surface area contributed by atoms with Crippen LogP contribution in [0.5, 0.6) is 0 Å². The number of hydrogen-bond acceptors (Lipinski definition) is 6. The maximum Gasteiger partial charge on any atom is 0.240 e. The van der Waals surface area contributed by atoms with Crippen LogP contribution in [0.4, 0.5) is 0 Å². The lowest BCUT2D eigenvalue weighted by Crippen LogP contribution is -2.47. The highest BCUT2D eigenvalue weighted by Crippen LogP contribution is 2.10. The van der Waals surface area contributed by atoms with Crippen molar-refractivity contribution < 1.29 is 12.9 Å². The zero-order valence-electron chi connectivity index (χ0n) is 12.2. The summed E-state index contributed by atoms with van der Waals surface area (Å²) in [5, 5.41) is 3.96. The molecule has 1 aliphatic rings. The van der Waals surface area contributed by atoms with Crippen molar-refractivity contribution in [2.75, 3.05) is 32.4 Å². The molecule has 0 amide bonds. The average Bonchev–Trinajstić information content (AvgIpc) is 2.75. The third-order valence-corrected chi connectivity index (χ3v) is 4.56. The second kappa shape index (κ2) is 6.19. The molecular weight excluding hydrogens is 280 g/mol. The van der Waals surface area contributed by atoms with Crippen LogP contribution >= 0.6 is 0 Å². The average molecular weight is 302 g/mol. The van der Waals surface area contributed by atoms with Crippen LogP contribution in [0, 0.1) is 5.92 Å². The van der Waals surface area contributed by atoms with Crippen LogP contribution in [0.2, 0.25) is 0 Å². The molecule has 1 aromatic rings. The van der Waals surface area contributed by atoms with Gasteiger partial charge in [0, 0.05) is 32.6 Å². The smallest absolute Gasteiger partial charge is 0.240 e. The van der Waals surface area contributed by atoms with Crippen molar-refractivity contribution in [1.82, 2.24) is 19.3 Å². The second-order valence-corrected chi connectivity index (χ2v) is 7.62. The fraction of sp³-hybridized carbons (Fsp3) is 0.833. The van der Waals surface area contributed by atoms with Crippen molar-refractivity contribution in [1.29, 1.82) is 0 Å². The Hall–Kier alpha value is -0.990. The van der Waals surface area contributed by atoms with Crippen molar-refractivity contribution in [3.05, 3.63) is 11.7 Å². The first-order valence-corrected chi connectivity index (χ1v) is 8.68. The molecule has 0 aliphatic carbocycles. The van der Waals surface area contributed by atoms with Crippen molar-refractivity contribution in [2.45, 2.75) is 26.8 Å². The summed E-state index contributed by atoms with van der Waals surface area (Å²) in [4.78, 5) is 6.49. The van der Waals surface area contributed by atoms with Gasteiger partial charge in [0.2, 0.25) is 15.9 Å². The van der Waals surface area contributed by atoms with Crippen LogP contribution in [0.1, 0.15) is 25.6 Å². The molecule has 0 atom stereocenters. The third kappa shape index (κ3) is 4.26. The van der Waals surface area contributed by atoms with Gasteiger partial charge in [-0.05, 0) is 5.92 Å². The highest BCUT2D eigenvalue weighted by atomic mass is 32.2. The van der Waals surface area contributed by atoms with Crippen LogP contribution in [-0.2, 0) is 23.0 Å². The van der Waals surface area contributed by atoms with Crippen molar-refractivity contribution in [3.63, 3.8) is 0 Å².